The number of fused-ring (bicyclic) bond motifs is 1. The fourth-order valence-electron chi connectivity index (χ4n) is 2.58. The van der Waals surface area contributed by atoms with Crippen molar-refractivity contribution in [2.75, 3.05) is 14.2 Å². The van der Waals surface area contributed by atoms with E-state index in [1.165, 1.54) is 26.5 Å². The van der Waals surface area contributed by atoms with Gasteiger partial charge in [0, 0.05) is 17.1 Å². The summed E-state index contributed by atoms with van der Waals surface area (Å²) in [6, 6.07) is 8.17. The highest BCUT2D eigenvalue weighted by Crippen LogP contribution is 2.33. The molecule has 2 N–H and O–H groups in total. The third-order valence-corrected chi connectivity index (χ3v) is 3.67. The average Bonchev–Trinajstić information content (AvgIpc) is 2.99. The number of aromatic amines is 1. The third kappa shape index (κ3) is 2.45. The maximum absolute atomic E-state index is 12.0. The van der Waals surface area contributed by atoms with Crippen LogP contribution in [0, 0.1) is 0 Å². The van der Waals surface area contributed by atoms with Crippen LogP contribution in [0.15, 0.2) is 36.5 Å². The number of H-pyrrole nitrogens is 1. The molecule has 0 unspecified atom stereocenters. The van der Waals surface area contributed by atoms with Gasteiger partial charge in [0.2, 0.25) is 0 Å². The summed E-state index contributed by atoms with van der Waals surface area (Å²) in [5.74, 6) is -1.19. The van der Waals surface area contributed by atoms with E-state index in [1.807, 2.05) is 0 Å². The molecule has 0 aliphatic carbocycles. The molecule has 0 amide bonds. The highest BCUT2D eigenvalue weighted by Gasteiger charge is 2.24. The molecule has 2 aromatic heterocycles. The molecule has 24 heavy (non-hydrogen) atoms. The molecular formula is C17H14N2O5. The predicted molar refractivity (Wildman–Crippen MR) is 86.4 cm³/mol. The van der Waals surface area contributed by atoms with Crippen molar-refractivity contribution in [1.29, 1.82) is 0 Å². The molecule has 1 aromatic carbocycles. The largest absolute Gasteiger partial charge is 0.497 e. The number of carboxylic acids is 1. The molecule has 0 saturated heterocycles. The molecule has 122 valence electrons. The summed E-state index contributed by atoms with van der Waals surface area (Å²) in [5.41, 5.74) is 1.27. The van der Waals surface area contributed by atoms with Gasteiger partial charge in [-0.1, -0.05) is 0 Å². The van der Waals surface area contributed by atoms with Gasteiger partial charge in [0.1, 0.15) is 11.4 Å². The predicted octanol–water partition coefficient (Wildman–Crippen LogP) is 2.72. The highest BCUT2D eigenvalue weighted by atomic mass is 16.5. The minimum absolute atomic E-state index is 0.0211. The number of carbonyl (C=O) groups is 2. The monoisotopic (exact) mass is 326 g/mol. The van der Waals surface area contributed by atoms with Gasteiger partial charge in [-0.3, -0.25) is 4.98 Å². The van der Waals surface area contributed by atoms with Crippen molar-refractivity contribution in [3.05, 3.63) is 47.7 Å². The van der Waals surface area contributed by atoms with Crippen LogP contribution in [-0.4, -0.2) is 41.2 Å². The summed E-state index contributed by atoms with van der Waals surface area (Å²) in [6.07, 6.45) is 1.49. The van der Waals surface area contributed by atoms with E-state index >= 15 is 0 Å². The Morgan fingerprint density at radius 2 is 2.00 bits per heavy atom. The number of benzene rings is 1. The number of aromatic carboxylic acids is 1. The zero-order valence-corrected chi connectivity index (χ0v) is 13.0. The van der Waals surface area contributed by atoms with Gasteiger partial charge < -0.3 is 19.6 Å². The Morgan fingerprint density at radius 1 is 1.21 bits per heavy atom. The van der Waals surface area contributed by atoms with Crippen molar-refractivity contribution in [3.63, 3.8) is 0 Å². The number of ether oxygens (including phenoxy) is 2. The van der Waals surface area contributed by atoms with E-state index in [9.17, 15) is 14.7 Å². The fraction of sp³-hybridized carbons (Fsp3) is 0.118. The van der Waals surface area contributed by atoms with Gasteiger partial charge in [0.05, 0.1) is 31.0 Å². The molecule has 0 radical (unpaired) electrons. The lowest BCUT2D eigenvalue weighted by atomic mass is 10.1. The summed E-state index contributed by atoms with van der Waals surface area (Å²) in [7, 11) is 2.76. The molecule has 3 rings (SSSR count). The van der Waals surface area contributed by atoms with Crippen molar-refractivity contribution in [2.45, 2.75) is 0 Å². The Kier molecular flexibility index (Phi) is 3.91. The minimum Gasteiger partial charge on any atom is -0.497 e. The lowest BCUT2D eigenvalue weighted by Gasteiger charge is -2.06. The number of carbonyl (C=O) groups excluding carboxylic acids is 1. The van der Waals surface area contributed by atoms with E-state index in [-0.39, 0.29) is 22.5 Å². The number of pyridine rings is 1. The second-order valence-electron chi connectivity index (χ2n) is 4.98. The molecule has 7 nitrogen and oxygen atoms in total. The molecule has 0 aliphatic rings. The van der Waals surface area contributed by atoms with Crippen LogP contribution in [0.3, 0.4) is 0 Å². The Morgan fingerprint density at radius 3 is 2.67 bits per heavy atom. The van der Waals surface area contributed by atoms with E-state index in [0.29, 0.717) is 16.7 Å². The number of carboxylic acid groups (broad SMARTS) is 1. The van der Waals surface area contributed by atoms with Gasteiger partial charge in [-0.25, -0.2) is 9.59 Å². The highest BCUT2D eigenvalue weighted by molar-refractivity contribution is 6.11. The maximum Gasteiger partial charge on any atom is 0.340 e. The molecular weight excluding hydrogens is 312 g/mol. The Bertz CT molecular complexity index is 945. The first-order valence-electron chi connectivity index (χ1n) is 7.03. The van der Waals surface area contributed by atoms with Crippen LogP contribution in [-0.2, 0) is 4.74 Å². The van der Waals surface area contributed by atoms with Crippen LogP contribution in [0.25, 0.3) is 22.3 Å². The fourth-order valence-corrected chi connectivity index (χ4v) is 2.58. The Balaban J connectivity index is 2.33. The number of hydrogen-bond donors (Lipinski definition) is 2. The van der Waals surface area contributed by atoms with Crippen LogP contribution in [0.2, 0.25) is 0 Å². The second kappa shape index (κ2) is 6.04. The molecule has 2 heterocycles. The molecule has 0 saturated carbocycles. The molecule has 0 atom stereocenters. The average molecular weight is 326 g/mol. The Hall–Kier alpha value is -3.35. The van der Waals surface area contributed by atoms with Gasteiger partial charge in [0.15, 0.2) is 0 Å². The number of hydrogen-bond acceptors (Lipinski definition) is 5. The number of rotatable bonds is 4. The SMILES string of the molecule is COC(=O)c1cccnc1-c1[nH]c2ccc(OC)cc2c1C(=O)O. The molecule has 7 heteroatoms. The van der Waals surface area contributed by atoms with E-state index in [1.54, 1.807) is 24.3 Å². The Labute approximate surface area is 136 Å². The van der Waals surface area contributed by atoms with Crippen LogP contribution >= 0.6 is 0 Å². The first-order valence-corrected chi connectivity index (χ1v) is 7.03. The van der Waals surface area contributed by atoms with Crippen molar-refractivity contribution in [3.8, 4) is 17.1 Å². The van der Waals surface area contributed by atoms with Crippen molar-refractivity contribution in [1.82, 2.24) is 9.97 Å². The van der Waals surface area contributed by atoms with Gasteiger partial charge in [0.25, 0.3) is 0 Å². The number of nitrogens with one attached hydrogen (secondary N) is 1. The van der Waals surface area contributed by atoms with Gasteiger partial charge in [-0.05, 0) is 30.3 Å². The number of nitrogens with zero attached hydrogens (tertiary/aromatic N) is 1. The van der Waals surface area contributed by atoms with E-state index in [2.05, 4.69) is 9.97 Å². The van der Waals surface area contributed by atoms with Gasteiger partial charge in [-0.15, -0.1) is 0 Å². The summed E-state index contributed by atoms with van der Waals surface area (Å²) < 4.78 is 9.90. The normalized spacial score (nSPS) is 10.6. The van der Waals surface area contributed by atoms with Crippen molar-refractivity contribution >= 4 is 22.8 Å². The number of aromatic nitrogens is 2. The molecule has 3 aromatic rings. The topological polar surface area (TPSA) is 102 Å². The zero-order valence-electron chi connectivity index (χ0n) is 13.0. The zero-order chi connectivity index (χ0) is 17.3. The first-order chi connectivity index (χ1) is 11.6. The molecule has 0 fully saturated rings. The molecule has 0 spiro atoms. The summed E-state index contributed by atoms with van der Waals surface area (Å²) in [4.78, 5) is 31.0. The second-order valence-corrected chi connectivity index (χ2v) is 4.98. The summed E-state index contributed by atoms with van der Waals surface area (Å²) in [6.45, 7) is 0. The molecule has 0 bridgehead atoms. The van der Waals surface area contributed by atoms with Crippen molar-refractivity contribution in [2.24, 2.45) is 0 Å². The maximum atomic E-state index is 12.0. The summed E-state index contributed by atoms with van der Waals surface area (Å²) >= 11 is 0. The van der Waals surface area contributed by atoms with Crippen LogP contribution in [0.1, 0.15) is 20.7 Å². The van der Waals surface area contributed by atoms with Gasteiger partial charge in [-0.2, -0.15) is 0 Å². The third-order valence-electron chi connectivity index (χ3n) is 3.67. The first kappa shape index (κ1) is 15.5. The van der Waals surface area contributed by atoms with E-state index < -0.39 is 11.9 Å². The quantitative estimate of drug-likeness (QED) is 0.715. The standard InChI is InChI=1S/C17H14N2O5/c1-23-9-5-6-12-11(8-9)13(16(20)21)15(19-12)14-10(17(22)24-2)4-3-7-18-14/h3-8,19H,1-2H3,(H,20,21). The molecule has 0 aliphatic heterocycles. The van der Waals surface area contributed by atoms with E-state index in [4.69, 9.17) is 9.47 Å². The number of methoxy groups -OCH3 is 2. The minimum atomic E-state index is -1.13. The summed E-state index contributed by atoms with van der Waals surface area (Å²) in [5, 5.41) is 10.1. The van der Waals surface area contributed by atoms with Crippen LogP contribution in [0.5, 0.6) is 5.75 Å². The lowest BCUT2D eigenvalue weighted by molar-refractivity contribution is 0.0599. The van der Waals surface area contributed by atoms with Crippen LogP contribution < -0.4 is 4.74 Å². The lowest BCUT2D eigenvalue weighted by Crippen LogP contribution is -2.07. The van der Waals surface area contributed by atoms with E-state index in [0.717, 1.165) is 0 Å². The van der Waals surface area contributed by atoms with Crippen LogP contribution in [0.4, 0.5) is 0 Å². The smallest absolute Gasteiger partial charge is 0.340 e. The van der Waals surface area contributed by atoms with Gasteiger partial charge >= 0.3 is 11.9 Å². The number of esters is 1. The van der Waals surface area contributed by atoms with Crippen molar-refractivity contribution < 1.29 is 24.2 Å².